The average Bonchev–Trinajstić information content (AvgIpc) is 3.37. The Morgan fingerprint density at radius 1 is 1.14 bits per heavy atom. The Hall–Kier alpha value is -2.98. The second kappa shape index (κ2) is 8.55. The van der Waals surface area contributed by atoms with Gasteiger partial charge in [-0.15, -0.1) is 5.10 Å². The summed E-state index contributed by atoms with van der Waals surface area (Å²) < 4.78 is 34.5. The van der Waals surface area contributed by atoms with Gasteiger partial charge in [0, 0.05) is 74.3 Å². The lowest BCUT2D eigenvalue weighted by Gasteiger charge is -2.59. The normalized spacial score (nSPS) is 22.4. The van der Waals surface area contributed by atoms with Crippen LogP contribution < -0.4 is 15.0 Å². The summed E-state index contributed by atoms with van der Waals surface area (Å²) >= 11 is 6.24. The van der Waals surface area contributed by atoms with E-state index in [1.807, 2.05) is 42.3 Å². The second-order valence-corrected chi connectivity index (χ2v) is 10.8. The fraction of sp³-hybridized carbons (Fsp3) is 0.480. The number of anilines is 3. The van der Waals surface area contributed by atoms with E-state index in [1.54, 1.807) is 10.9 Å². The van der Waals surface area contributed by atoms with E-state index in [4.69, 9.17) is 16.3 Å². The number of halogens is 3. The van der Waals surface area contributed by atoms with Crippen LogP contribution in [0.15, 0.2) is 36.5 Å². The van der Waals surface area contributed by atoms with Crippen molar-refractivity contribution in [2.24, 2.45) is 12.5 Å². The van der Waals surface area contributed by atoms with Gasteiger partial charge in [-0.05, 0) is 37.7 Å². The zero-order valence-corrected chi connectivity index (χ0v) is 21.0. The van der Waals surface area contributed by atoms with Gasteiger partial charge in [0.25, 0.3) is 0 Å². The number of hydrogen-bond donors (Lipinski definition) is 1. The number of alkyl halides is 2. The van der Waals surface area contributed by atoms with Gasteiger partial charge in [0.15, 0.2) is 5.82 Å². The molecular formula is C25H28ClF2N7O. The second-order valence-electron chi connectivity index (χ2n) is 10.4. The van der Waals surface area contributed by atoms with Crippen LogP contribution >= 0.6 is 11.6 Å². The Balaban J connectivity index is 1.14. The minimum atomic E-state index is -2.49. The molecule has 1 aromatic carbocycles. The summed E-state index contributed by atoms with van der Waals surface area (Å²) in [6.07, 6.45) is 2.77. The zero-order valence-electron chi connectivity index (χ0n) is 20.2. The molecular weight excluding hydrogens is 488 g/mol. The molecule has 2 aliphatic heterocycles. The summed E-state index contributed by atoms with van der Waals surface area (Å²) in [5, 5.41) is 8.46. The molecule has 3 aromatic rings. The molecule has 1 N–H and O–H groups in total. The van der Waals surface area contributed by atoms with Crippen LogP contribution in [0.3, 0.4) is 0 Å². The monoisotopic (exact) mass is 515 g/mol. The summed E-state index contributed by atoms with van der Waals surface area (Å²) in [5.74, 6) is 0.0580. The number of aromatic nitrogens is 4. The Kier molecular flexibility index (Phi) is 5.56. The van der Waals surface area contributed by atoms with Gasteiger partial charge in [0.1, 0.15) is 17.7 Å². The van der Waals surface area contributed by atoms with Gasteiger partial charge in [0.05, 0.1) is 5.69 Å². The fourth-order valence-electron chi connectivity index (χ4n) is 5.50. The average molecular weight is 516 g/mol. The topological polar surface area (TPSA) is 71.3 Å². The maximum Gasteiger partial charge on any atom is 0.249 e. The predicted molar refractivity (Wildman–Crippen MR) is 134 cm³/mol. The molecule has 1 aliphatic carbocycles. The Bertz CT molecular complexity index is 1270. The number of ether oxygens (including phenoxy) is 1. The lowest BCUT2D eigenvalue weighted by atomic mass is 9.61. The van der Waals surface area contributed by atoms with Crippen LogP contribution in [0.1, 0.15) is 19.3 Å². The fourth-order valence-corrected chi connectivity index (χ4v) is 5.67. The van der Waals surface area contributed by atoms with Crippen molar-refractivity contribution in [1.82, 2.24) is 24.6 Å². The molecule has 2 aromatic heterocycles. The van der Waals surface area contributed by atoms with Crippen molar-refractivity contribution in [1.29, 1.82) is 0 Å². The third-order valence-corrected chi connectivity index (χ3v) is 7.48. The number of aryl methyl sites for hydroxylation is 1. The van der Waals surface area contributed by atoms with Crippen LogP contribution in [0.5, 0.6) is 5.75 Å². The van der Waals surface area contributed by atoms with E-state index in [1.165, 1.54) is 0 Å². The lowest BCUT2D eigenvalue weighted by Crippen LogP contribution is -2.66. The van der Waals surface area contributed by atoms with E-state index in [0.717, 1.165) is 36.6 Å². The maximum atomic E-state index is 13.3. The third kappa shape index (κ3) is 4.48. The molecule has 8 nitrogen and oxygen atoms in total. The lowest BCUT2D eigenvalue weighted by molar-refractivity contribution is -0.170. The highest BCUT2D eigenvalue weighted by Crippen LogP contribution is 2.57. The van der Waals surface area contributed by atoms with Gasteiger partial charge in [-0.1, -0.05) is 11.6 Å². The number of nitrogens with zero attached hydrogens (tertiary/aromatic N) is 6. The molecule has 0 radical (unpaired) electrons. The molecule has 0 amide bonds. The molecule has 0 bridgehead atoms. The predicted octanol–water partition coefficient (Wildman–Crippen LogP) is 4.59. The molecule has 36 heavy (non-hydrogen) atoms. The Morgan fingerprint density at radius 2 is 1.94 bits per heavy atom. The van der Waals surface area contributed by atoms with Crippen molar-refractivity contribution in [2.45, 2.75) is 31.3 Å². The highest BCUT2D eigenvalue weighted by molar-refractivity contribution is 6.30. The molecule has 3 fully saturated rings. The Morgan fingerprint density at radius 3 is 2.61 bits per heavy atom. The van der Waals surface area contributed by atoms with Crippen LogP contribution in [0.2, 0.25) is 5.02 Å². The third-order valence-electron chi connectivity index (χ3n) is 7.24. The minimum absolute atomic E-state index is 0.0136. The standard InChI is InChI=1S/C25H28ClF2N7O/c1-33-8-7-18(11-33)36-20-9-17(26)4-5-19(20)30-23-31-22(32-34(23)2)16-3-6-21(29-10-16)35-14-24(15-35)12-25(27,28)13-24/h3-6,9-10,18H,7-8,11-15H2,1-2H3,(H,30,31,32). The van der Waals surface area contributed by atoms with Gasteiger partial charge < -0.3 is 19.9 Å². The number of pyridine rings is 1. The molecule has 1 atom stereocenters. The first-order valence-electron chi connectivity index (χ1n) is 12.1. The molecule has 6 rings (SSSR count). The minimum Gasteiger partial charge on any atom is -0.487 e. The van der Waals surface area contributed by atoms with E-state index in [2.05, 4.69) is 32.3 Å². The first-order valence-corrected chi connectivity index (χ1v) is 12.5. The summed E-state index contributed by atoms with van der Waals surface area (Å²) in [6, 6.07) is 9.30. The van der Waals surface area contributed by atoms with Gasteiger partial charge in [0.2, 0.25) is 11.9 Å². The number of likely N-dealkylation sites (N-methyl/N-ethyl adjacent to an activating group) is 1. The summed E-state index contributed by atoms with van der Waals surface area (Å²) in [4.78, 5) is 13.5. The van der Waals surface area contributed by atoms with E-state index in [0.29, 0.717) is 35.6 Å². The van der Waals surface area contributed by atoms with Gasteiger partial charge in [-0.25, -0.2) is 18.4 Å². The molecule has 2 saturated heterocycles. The molecule has 3 aliphatic rings. The number of nitrogens with one attached hydrogen (secondary N) is 1. The van der Waals surface area contributed by atoms with E-state index >= 15 is 0 Å². The SMILES string of the molecule is CN1CCC(Oc2cc(Cl)ccc2Nc2nc(-c3ccc(N4CC5(C4)CC(F)(F)C5)nc3)nn2C)C1. The van der Waals surface area contributed by atoms with Crippen LogP contribution in [-0.4, -0.2) is 69.9 Å². The summed E-state index contributed by atoms with van der Waals surface area (Å²) in [5.41, 5.74) is 1.30. The molecule has 1 unspecified atom stereocenters. The van der Waals surface area contributed by atoms with E-state index in [-0.39, 0.29) is 24.4 Å². The smallest absolute Gasteiger partial charge is 0.249 e. The van der Waals surface area contributed by atoms with Crippen LogP contribution in [0, 0.1) is 5.41 Å². The largest absolute Gasteiger partial charge is 0.487 e. The molecule has 4 heterocycles. The first-order chi connectivity index (χ1) is 17.2. The quantitative estimate of drug-likeness (QED) is 0.514. The maximum absolute atomic E-state index is 13.3. The Labute approximate surface area is 213 Å². The van der Waals surface area contributed by atoms with Crippen molar-refractivity contribution in [2.75, 3.05) is 43.4 Å². The van der Waals surface area contributed by atoms with Crippen molar-refractivity contribution in [3.63, 3.8) is 0 Å². The highest BCUT2D eigenvalue weighted by atomic mass is 35.5. The van der Waals surface area contributed by atoms with Crippen molar-refractivity contribution in [3.05, 3.63) is 41.6 Å². The first kappa shape index (κ1) is 23.4. The van der Waals surface area contributed by atoms with Crippen molar-refractivity contribution < 1.29 is 13.5 Å². The number of hydrogen-bond acceptors (Lipinski definition) is 7. The molecule has 190 valence electrons. The number of benzene rings is 1. The van der Waals surface area contributed by atoms with Gasteiger partial charge in [-0.3, -0.25) is 0 Å². The highest BCUT2D eigenvalue weighted by Gasteiger charge is 2.61. The molecule has 1 saturated carbocycles. The van der Waals surface area contributed by atoms with Gasteiger partial charge in [-0.2, -0.15) is 4.98 Å². The summed E-state index contributed by atoms with van der Waals surface area (Å²) in [6.45, 7) is 3.14. The summed E-state index contributed by atoms with van der Waals surface area (Å²) in [7, 11) is 3.90. The number of rotatable bonds is 6. The molecule has 1 spiro atoms. The van der Waals surface area contributed by atoms with E-state index < -0.39 is 5.92 Å². The van der Waals surface area contributed by atoms with Crippen molar-refractivity contribution >= 4 is 29.1 Å². The van der Waals surface area contributed by atoms with Crippen LogP contribution in [0.25, 0.3) is 11.4 Å². The van der Waals surface area contributed by atoms with E-state index in [9.17, 15) is 8.78 Å². The number of likely N-dealkylation sites (tertiary alicyclic amines) is 1. The van der Waals surface area contributed by atoms with Crippen LogP contribution in [-0.2, 0) is 7.05 Å². The zero-order chi connectivity index (χ0) is 25.1. The van der Waals surface area contributed by atoms with Crippen molar-refractivity contribution in [3.8, 4) is 17.1 Å². The van der Waals surface area contributed by atoms with Crippen LogP contribution in [0.4, 0.5) is 26.2 Å². The van der Waals surface area contributed by atoms with Gasteiger partial charge >= 0.3 is 0 Å². The molecule has 11 heteroatoms.